The molecule has 1 saturated heterocycles. The Balaban J connectivity index is 0.000000980. The predicted molar refractivity (Wildman–Crippen MR) is 66.4 cm³/mol. The number of aromatic nitrogens is 2. The molecule has 15 heavy (non-hydrogen) atoms. The van der Waals surface area contributed by atoms with E-state index in [0.717, 1.165) is 31.8 Å². The Bertz CT molecular complexity index is 272. The van der Waals surface area contributed by atoms with Crippen molar-refractivity contribution in [2.24, 2.45) is 0 Å². The molecular weight excluding hydrogens is 256 g/mol. The fraction of sp³-hybridized carbons (Fsp3) is 0.556. The van der Waals surface area contributed by atoms with Gasteiger partial charge in [-0.05, 0) is 25.9 Å². The van der Waals surface area contributed by atoms with Crippen LogP contribution in [0.3, 0.4) is 0 Å². The lowest BCUT2D eigenvalue weighted by Gasteiger charge is -2.20. The van der Waals surface area contributed by atoms with E-state index in [1.807, 2.05) is 0 Å². The molecule has 0 aliphatic carbocycles. The van der Waals surface area contributed by atoms with Crippen LogP contribution in [-0.4, -0.2) is 23.1 Å². The van der Waals surface area contributed by atoms with Gasteiger partial charge >= 0.3 is 0 Å². The molecule has 1 aliphatic rings. The predicted octanol–water partition coefficient (Wildman–Crippen LogP) is 2.44. The summed E-state index contributed by atoms with van der Waals surface area (Å²) < 4.78 is 0. The minimum Gasteiger partial charge on any atom is -0.317 e. The zero-order valence-corrected chi connectivity index (χ0v) is 10.5. The number of nitrogens with one attached hydrogen (secondary N) is 1. The monoisotopic (exact) mass is 269 g/mol. The lowest BCUT2D eigenvalue weighted by molar-refractivity contribution is 0.445. The van der Waals surface area contributed by atoms with Crippen molar-refractivity contribution in [3.63, 3.8) is 0 Å². The topological polar surface area (TPSA) is 37.8 Å². The first-order valence-corrected chi connectivity index (χ1v) is 4.92. The fourth-order valence-electron chi connectivity index (χ4n) is 1.61. The molecule has 1 aromatic rings. The summed E-state index contributed by atoms with van der Waals surface area (Å²) in [5, 5.41) is 3.92. The van der Waals surface area contributed by atoms with E-state index in [4.69, 9.17) is 11.6 Å². The third kappa shape index (κ3) is 4.11. The summed E-state index contributed by atoms with van der Waals surface area (Å²) in [6, 6.07) is 0. The van der Waals surface area contributed by atoms with Crippen LogP contribution < -0.4 is 5.32 Å². The molecule has 6 heteroatoms. The van der Waals surface area contributed by atoms with Gasteiger partial charge in [0.1, 0.15) is 5.82 Å². The molecule has 0 saturated carbocycles. The molecule has 86 valence electrons. The van der Waals surface area contributed by atoms with Crippen molar-refractivity contribution in [3.05, 3.63) is 23.2 Å². The lowest BCUT2D eigenvalue weighted by atomic mass is 9.97. The number of nitrogens with zero attached hydrogens (tertiary/aromatic N) is 2. The van der Waals surface area contributed by atoms with Crippen molar-refractivity contribution < 1.29 is 0 Å². The van der Waals surface area contributed by atoms with Crippen molar-refractivity contribution in [1.29, 1.82) is 0 Å². The molecule has 1 fully saturated rings. The van der Waals surface area contributed by atoms with E-state index in [1.165, 1.54) is 0 Å². The second-order valence-electron chi connectivity index (χ2n) is 3.28. The molecule has 0 atom stereocenters. The average molecular weight is 271 g/mol. The Morgan fingerprint density at radius 2 is 1.67 bits per heavy atom. The third-order valence-corrected chi connectivity index (χ3v) is 2.54. The summed E-state index contributed by atoms with van der Waals surface area (Å²) in [5.74, 6) is 1.45. The minimum absolute atomic E-state index is 0. The Morgan fingerprint density at radius 3 is 2.20 bits per heavy atom. The second-order valence-corrected chi connectivity index (χ2v) is 3.72. The van der Waals surface area contributed by atoms with Gasteiger partial charge in [0.25, 0.3) is 0 Å². The van der Waals surface area contributed by atoms with E-state index >= 15 is 0 Å². The molecule has 1 aromatic heterocycles. The Hall–Kier alpha value is -0.0900. The van der Waals surface area contributed by atoms with Crippen LogP contribution in [0.1, 0.15) is 24.6 Å². The van der Waals surface area contributed by atoms with Crippen LogP contribution in [0.2, 0.25) is 5.02 Å². The van der Waals surface area contributed by atoms with Crippen molar-refractivity contribution in [3.8, 4) is 0 Å². The van der Waals surface area contributed by atoms with Gasteiger partial charge in [-0.2, -0.15) is 0 Å². The van der Waals surface area contributed by atoms with Crippen molar-refractivity contribution in [2.45, 2.75) is 18.8 Å². The van der Waals surface area contributed by atoms with Crippen molar-refractivity contribution >= 4 is 36.4 Å². The first kappa shape index (κ1) is 14.9. The van der Waals surface area contributed by atoms with Crippen LogP contribution in [-0.2, 0) is 0 Å². The quantitative estimate of drug-likeness (QED) is 0.852. The molecule has 0 unspecified atom stereocenters. The van der Waals surface area contributed by atoms with Gasteiger partial charge in [-0.15, -0.1) is 24.8 Å². The zero-order valence-electron chi connectivity index (χ0n) is 8.15. The highest BCUT2D eigenvalue weighted by molar-refractivity contribution is 6.30. The summed E-state index contributed by atoms with van der Waals surface area (Å²) in [4.78, 5) is 8.46. The molecule has 0 spiro atoms. The molecule has 2 rings (SSSR count). The molecule has 0 amide bonds. The van der Waals surface area contributed by atoms with Gasteiger partial charge in [0.2, 0.25) is 0 Å². The van der Waals surface area contributed by atoms with E-state index in [1.54, 1.807) is 12.4 Å². The normalized spacial score (nSPS) is 16.3. The zero-order chi connectivity index (χ0) is 9.10. The van der Waals surface area contributed by atoms with E-state index in [2.05, 4.69) is 15.3 Å². The van der Waals surface area contributed by atoms with Crippen LogP contribution in [0.25, 0.3) is 0 Å². The standard InChI is InChI=1S/C9H12ClN3.2ClH/c10-8-5-12-9(13-6-8)7-1-3-11-4-2-7;;/h5-7,11H,1-4H2;2*1H. The summed E-state index contributed by atoms with van der Waals surface area (Å²) >= 11 is 5.71. The molecule has 3 nitrogen and oxygen atoms in total. The van der Waals surface area contributed by atoms with Gasteiger partial charge in [-0.3, -0.25) is 0 Å². The van der Waals surface area contributed by atoms with E-state index in [9.17, 15) is 0 Å². The fourth-order valence-corrected chi connectivity index (χ4v) is 1.71. The average Bonchev–Trinajstić information content (AvgIpc) is 2.20. The van der Waals surface area contributed by atoms with Crippen LogP contribution in [0, 0.1) is 0 Å². The Labute approximate surface area is 107 Å². The number of piperidine rings is 1. The Morgan fingerprint density at radius 1 is 1.13 bits per heavy atom. The SMILES string of the molecule is Cl.Cl.Clc1cnc(C2CCNCC2)nc1. The summed E-state index contributed by atoms with van der Waals surface area (Å²) in [6.45, 7) is 2.13. The van der Waals surface area contributed by atoms with Crippen LogP contribution in [0.4, 0.5) is 0 Å². The molecule has 2 heterocycles. The van der Waals surface area contributed by atoms with E-state index < -0.39 is 0 Å². The summed E-state index contributed by atoms with van der Waals surface area (Å²) in [5.41, 5.74) is 0. The first-order chi connectivity index (χ1) is 6.36. The van der Waals surface area contributed by atoms with Crippen molar-refractivity contribution in [1.82, 2.24) is 15.3 Å². The molecular formula is C9H14Cl3N3. The van der Waals surface area contributed by atoms with Gasteiger partial charge in [0.05, 0.1) is 5.02 Å². The van der Waals surface area contributed by atoms with Crippen LogP contribution in [0.15, 0.2) is 12.4 Å². The van der Waals surface area contributed by atoms with Gasteiger partial charge in [0.15, 0.2) is 0 Å². The molecule has 0 radical (unpaired) electrons. The molecule has 1 N–H and O–H groups in total. The minimum atomic E-state index is 0. The molecule has 0 aromatic carbocycles. The van der Waals surface area contributed by atoms with E-state index in [-0.39, 0.29) is 24.8 Å². The van der Waals surface area contributed by atoms with Gasteiger partial charge in [-0.1, -0.05) is 11.6 Å². The van der Waals surface area contributed by atoms with Crippen LogP contribution >= 0.6 is 36.4 Å². The van der Waals surface area contributed by atoms with Crippen molar-refractivity contribution in [2.75, 3.05) is 13.1 Å². The maximum Gasteiger partial charge on any atom is 0.131 e. The maximum absolute atomic E-state index is 5.71. The number of hydrogen-bond acceptors (Lipinski definition) is 3. The third-order valence-electron chi connectivity index (χ3n) is 2.34. The molecule has 1 aliphatic heterocycles. The number of hydrogen-bond donors (Lipinski definition) is 1. The highest BCUT2D eigenvalue weighted by atomic mass is 35.5. The highest BCUT2D eigenvalue weighted by Gasteiger charge is 2.16. The first-order valence-electron chi connectivity index (χ1n) is 4.54. The summed E-state index contributed by atoms with van der Waals surface area (Å²) in [6.07, 6.45) is 5.60. The smallest absolute Gasteiger partial charge is 0.131 e. The largest absolute Gasteiger partial charge is 0.317 e. The second kappa shape index (κ2) is 7.23. The summed E-state index contributed by atoms with van der Waals surface area (Å²) in [7, 11) is 0. The lowest BCUT2D eigenvalue weighted by Crippen LogP contribution is -2.27. The van der Waals surface area contributed by atoms with Crippen LogP contribution in [0.5, 0.6) is 0 Å². The maximum atomic E-state index is 5.71. The Kier molecular flexibility index (Phi) is 7.18. The highest BCUT2D eigenvalue weighted by Crippen LogP contribution is 2.21. The number of halogens is 3. The van der Waals surface area contributed by atoms with Gasteiger partial charge in [-0.25, -0.2) is 9.97 Å². The number of rotatable bonds is 1. The van der Waals surface area contributed by atoms with Gasteiger partial charge in [0, 0.05) is 18.3 Å². The van der Waals surface area contributed by atoms with E-state index in [0.29, 0.717) is 10.9 Å². The van der Waals surface area contributed by atoms with Gasteiger partial charge < -0.3 is 5.32 Å². The molecule has 0 bridgehead atoms.